The lowest BCUT2D eigenvalue weighted by Crippen LogP contribution is -2.50. The molecule has 2 atom stereocenters. The monoisotopic (exact) mass is 368 g/mol. The second-order valence-electron chi connectivity index (χ2n) is 6.95. The van der Waals surface area contributed by atoms with Gasteiger partial charge < -0.3 is 20.1 Å². The third kappa shape index (κ3) is 5.09. The molecule has 2 unspecified atom stereocenters. The van der Waals surface area contributed by atoms with Crippen molar-refractivity contribution in [2.45, 2.75) is 25.9 Å². The Bertz CT molecular complexity index is 743. The molecule has 144 valence electrons. The van der Waals surface area contributed by atoms with E-state index in [2.05, 4.69) is 37.0 Å². The van der Waals surface area contributed by atoms with Crippen molar-refractivity contribution in [3.8, 4) is 0 Å². The number of hydrogen-bond acceptors (Lipinski definition) is 3. The SMILES string of the molecule is CN=C(NCC(=O)NCc1ccccc1)N1CCC(C)C(n2ccnc2)C1. The van der Waals surface area contributed by atoms with Crippen LogP contribution >= 0.6 is 0 Å². The van der Waals surface area contributed by atoms with Crippen molar-refractivity contribution in [1.82, 2.24) is 25.1 Å². The summed E-state index contributed by atoms with van der Waals surface area (Å²) in [6.07, 6.45) is 6.77. The summed E-state index contributed by atoms with van der Waals surface area (Å²) in [5.41, 5.74) is 1.09. The number of carbonyl (C=O) groups excluding carboxylic acids is 1. The number of guanidine groups is 1. The Morgan fingerprint density at radius 3 is 2.81 bits per heavy atom. The molecule has 1 aromatic heterocycles. The Kier molecular flexibility index (Phi) is 6.46. The average Bonchev–Trinajstić information content (AvgIpc) is 3.23. The summed E-state index contributed by atoms with van der Waals surface area (Å²) in [5.74, 6) is 1.29. The number of likely N-dealkylation sites (tertiary alicyclic amines) is 1. The molecule has 0 radical (unpaired) electrons. The second kappa shape index (κ2) is 9.21. The minimum atomic E-state index is -0.0449. The molecule has 0 aliphatic carbocycles. The fourth-order valence-corrected chi connectivity index (χ4v) is 3.45. The summed E-state index contributed by atoms with van der Waals surface area (Å²) in [4.78, 5) is 22.9. The van der Waals surface area contributed by atoms with Gasteiger partial charge in [0, 0.05) is 39.1 Å². The van der Waals surface area contributed by atoms with Crippen LogP contribution in [-0.4, -0.2) is 53.0 Å². The topological polar surface area (TPSA) is 74.6 Å². The van der Waals surface area contributed by atoms with Gasteiger partial charge in [0.15, 0.2) is 5.96 Å². The number of rotatable bonds is 5. The third-order valence-electron chi connectivity index (χ3n) is 5.08. The Hall–Kier alpha value is -2.83. The normalized spacial score (nSPS) is 20.4. The Labute approximate surface area is 160 Å². The lowest BCUT2D eigenvalue weighted by Gasteiger charge is -2.39. The number of amides is 1. The van der Waals surface area contributed by atoms with Crippen molar-refractivity contribution in [2.75, 3.05) is 26.7 Å². The molecule has 0 saturated carbocycles. The number of piperidine rings is 1. The van der Waals surface area contributed by atoms with E-state index in [1.165, 1.54) is 0 Å². The molecular formula is C20H28N6O. The van der Waals surface area contributed by atoms with Crippen LogP contribution in [0.4, 0.5) is 0 Å². The van der Waals surface area contributed by atoms with Crippen LogP contribution < -0.4 is 10.6 Å². The zero-order valence-corrected chi connectivity index (χ0v) is 16.0. The quantitative estimate of drug-likeness (QED) is 0.622. The third-order valence-corrected chi connectivity index (χ3v) is 5.08. The lowest BCUT2D eigenvalue weighted by atomic mass is 9.93. The van der Waals surface area contributed by atoms with E-state index in [0.717, 1.165) is 31.0 Å². The van der Waals surface area contributed by atoms with Crippen LogP contribution in [0, 0.1) is 5.92 Å². The van der Waals surface area contributed by atoms with Crippen molar-refractivity contribution in [3.63, 3.8) is 0 Å². The number of carbonyl (C=O) groups is 1. The van der Waals surface area contributed by atoms with E-state index in [4.69, 9.17) is 0 Å². The first-order chi connectivity index (χ1) is 13.2. The van der Waals surface area contributed by atoms with Crippen molar-refractivity contribution >= 4 is 11.9 Å². The molecule has 0 spiro atoms. The molecule has 0 bridgehead atoms. The van der Waals surface area contributed by atoms with Gasteiger partial charge in [-0.05, 0) is 17.9 Å². The van der Waals surface area contributed by atoms with Gasteiger partial charge in [-0.1, -0.05) is 37.3 Å². The van der Waals surface area contributed by atoms with Gasteiger partial charge in [0.05, 0.1) is 18.9 Å². The maximum absolute atomic E-state index is 12.2. The maximum Gasteiger partial charge on any atom is 0.239 e. The smallest absolute Gasteiger partial charge is 0.239 e. The van der Waals surface area contributed by atoms with Gasteiger partial charge in [-0.25, -0.2) is 4.98 Å². The Morgan fingerprint density at radius 1 is 1.30 bits per heavy atom. The molecule has 1 saturated heterocycles. The van der Waals surface area contributed by atoms with E-state index >= 15 is 0 Å². The van der Waals surface area contributed by atoms with Crippen molar-refractivity contribution in [3.05, 3.63) is 54.6 Å². The minimum absolute atomic E-state index is 0.0449. The molecule has 27 heavy (non-hydrogen) atoms. The van der Waals surface area contributed by atoms with Crippen LogP contribution in [0.2, 0.25) is 0 Å². The van der Waals surface area contributed by atoms with E-state index in [1.807, 2.05) is 49.1 Å². The predicted molar refractivity (Wildman–Crippen MR) is 106 cm³/mol. The van der Waals surface area contributed by atoms with Gasteiger partial charge >= 0.3 is 0 Å². The number of aliphatic imine (C=N–C) groups is 1. The predicted octanol–water partition coefficient (Wildman–Crippen LogP) is 1.66. The molecule has 1 aromatic carbocycles. The maximum atomic E-state index is 12.2. The molecule has 1 fully saturated rings. The molecule has 1 amide bonds. The summed E-state index contributed by atoms with van der Waals surface area (Å²) in [6.45, 7) is 4.79. The van der Waals surface area contributed by atoms with Gasteiger partial charge in [-0.2, -0.15) is 0 Å². The van der Waals surface area contributed by atoms with Crippen LogP contribution in [0.1, 0.15) is 24.9 Å². The van der Waals surface area contributed by atoms with Gasteiger partial charge in [0.1, 0.15) is 0 Å². The van der Waals surface area contributed by atoms with Crippen molar-refractivity contribution in [1.29, 1.82) is 0 Å². The second-order valence-corrected chi connectivity index (χ2v) is 6.95. The standard InChI is InChI=1S/C20H28N6O/c1-16-8-10-25(14-18(16)26-11-9-22-15-26)20(21-2)24-13-19(27)23-12-17-6-4-3-5-7-17/h3-7,9,11,15-16,18H,8,10,12-14H2,1-2H3,(H,21,24)(H,23,27). The molecule has 1 aliphatic heterocycles. The van der Waals surface area contributed by atoms with Crippen molar-refractivity contribution in [2.24, 2.45) is 10.9 Å². The highest BCUT2D eigenvalue weighted by Crippen LogP contribution is 2.27. The molecule has 7 nitrogen and oxygen atoms in total. The first-order valence-corrected chi connectivity index (χ1v) is 9.41. The highest BCUT2D eigenvalue weighted by Gasteiger charge is 2.28. The molecule has 2 aromatic rings. The van der Waals surface area contributed by atoms with Crippen LogP contribution in [0.5, 0.6) is 0 Å². The van der Waals surface area contributed by atoms with E-state index < -0.39 is 0 Å². The first kappa shape index (κ1) is 18.9. The lowest BCUT2D eigenvalue weighted by molar-refractivity contribution is -0.120. The Balaban J connectivity index is 1.50. The highest BCUT2D eigenvalue weighted by atomic mass is 16.1. The van der Waals surface area contributed by atoms with Crippen molar-refractivity contribution < 1.29 is 4.79 Å². The number of aromatic nitrogens is 2. The zero-order chi connectivity index (χ0) is 19.1. The number of imidazole rings is 1. The van der Waals surface area contributed by atoms with Gasteiger partial charge in [0.25, 0.3) is 0 Å². The van der Waals surface area contributed by atoms with Gasteiger partial charge in [-0.15, -0.1) is 0 Å². The summed E-state index contributed by atoms with van der Waals surface area (Å²) < 4.78 is 2.16. The van der Waals surface area contributed by atoms with Crippen LogP contribution in [0.3, 0.4) is 0 Å². The fourth-order valence-electron chi connectivity index (χ4n) is 3.45. The first-order valence-electron chi connectivity index (χ1n) is 9.41. The van der Waals surface area contributed by atoms with E-state index in [1.54, 1.807) is 7.05 Å². The van der Waals surface area contributed by atoms with Crippen LogP contribution in [0.15, 0.2) is 54.0 Å². The van der Waals surface area contributed by atoms with E-state index in [0.29, 0.717) is 18.5 Å². The molecule has 1 aliphatic rings. The summed E-state index contributed by atoms with van der Waals surface area (Å²) >= 11 is 0. The Morgan fingerprint density at radius 2 is 2.11 bits per heavy atom. The van der Waals surface area contributed by atoms with Crippen LogP contribution in [-0.2, 0) is 11.3 Å². The number of benzene rings is 1. The molecule has 3 rings (SSSR count). The minimum Gasteiger partial charge on any atom is -0.350 e. The summed E-state index contributed by atoms with van der Waals surface area (Å²) in [5, 5.41) is 6.13. The van der Waals surface area contributed by atoms with Gasteiger partial charge in [-0.3, -0.25) is 9.79 Å². The van der Waals surface area contributed by atoms with E-state index in [-0.39, 0.29) is 12.5 Å². The fraction of sp³-hybridized carbons (Fsp3) is 0.450. The highest BCUT2D eigenvalue weighted by molar-refractivity contribution is 5.86. The van der Waals surface area contributed by atoms with E-state index in [9.17, 15) is 4.79 Å². The molecule has 7 heteroatoms. The number of hydrogen-bond donors (Lipinski definition) is 2. The molecule has 2 heterocycles. The largest absolute Gasteiger partial charge is 0.350 e. The van der Waals surface area contributed by atoms with Crippen LogP contribution in [0.25, 0.3) is 0 Å². The molecule has 2 N–H and O–H groups in total. The molecular weight excluding hydrogens is 340 g/mol. The average molecular weight is 368 g/mol. The van der Waals surface area contributed by atoms with Gasteiger partial charge in [0.2, 0.25) is 5.91 Å². The summed E-state index contributed by atoms with van der Waals surface area (Å²) in [6, 6.07) is 10.3. The summed E-state index contributed by atoms with van der Waals surface area (Å²) in [7, 11) is 1.76. The number of nitrogens with one attached hydrogen (secondary N) is 2. The zero-order valence-electron chi connectivity index (χ0n) is 16.0. The number of nitrogens with zero attached hydrogens (tertiary/aromatic N) is 4.